The van der Waals surface area contributed by atoms with E-state index in [1.54, 1.807) is 0 Å². The van der Waals surface area contributed by atoms with Gasteiger partial charge in [0.1, 0.15) is 0 Å². The SMILES string of the molecule is CCCCN1CCCC1N. The lowest BCUT2D eigenvalue weighted by Crippen LogP contribution is -2.36. The minimum Gasteiger partial charge on any atom is -0.316 e. The normalized spacial score (nSPS) is 27.6. The van der Waals surface area contributed by atoms with Crippen molar-refractivity contribution < 1.29 is 0 Å². The van der Waals surface area contributed by atoms with E-state index in [9.17, 15) is 0 Å². The van der Waals surface area contributed by atoms with Crippen molar-refractivity contribution in [1.82, 2.24) is 4.90 Å². The number of unbranched alkanes of at least 4 members (excludes halogenated alkanes) is 1. The van der Waals surface area contributed by atoms with Gasteiger partial charge < -0.3 is 5.73 Å². The van der Waals surface area contributed by atoms with Crippen LogP contribution in [0.4, 0.5) is 0 Å². The second-order valence-corrected chi connectivity index (χ2v) is 3.10. The second-order valence-electron chi connectivity index (χ2n) is 3.10. The molecule has 10 heavy (non-hydrogen) atoms. The minimum absolute atomic E-state index is 0.367. The molecule has 0 aliphatic carbocycles. The lowest BCUT2D eigenvalue weighted by Gasteiger charge is -2.19. The fraction of sp³-hybridized carbons (Fsp3) is 1.00. The van der Waals surface area contributed by atoms with Crippen molar-refractivity contribution in [3.05, 3.63) is 0 Å². The van der Waals surface area contributed by atoms with E-state index in [1.807, 2.05) is 0 Å². The van der Waals surface area contributed by atoms with E-state index in [2.05, 4.69) is 11.8 Å². The van der Waals surface area contributed by atoms with E-state index in [-0.39, 0.29) is 0 Å². The van der Waals surface area contributed by atoms with Gasteiger partial charge in [0.25, 0.3) is 0 Å². The van der Waals surface area contributed by atoms with E-state index in [0.29, 0.717) is 6.17 Å². The van der Waals surface area contributed by atoms with Gasteiger partial charge >= 0.3 is 0 Å². The number of rotatable bonds is 3. The Morgan fingerprint density at radius 1 is 1.60 bits per heavy atom. The number of likely N-dealkylation sites (tertiary alicyclic amines) is 1. The highest BCUT2D eigenvalue weighted by Gasteiger charge is 2.18. The lowest BCUT2D eigenvalue weighted by molar-refractivity contribution is 0.255. The summed E-state index contributed by atoms with van der Waals surface area (Å²) in [7, 11) is 0. The first kappa shape index (κ1) is 8.02. The topological polar surface area (TPSA) is 29.3 Å². The van der Waals surface area contributed by atoms with E-state index in [0.717, 1.165) is 0 Å². The Hall–Kier alpha value is -0.0800. The molecule has 1 saturated heterocycles. The second kappa shape index (κ2) is 3.94. The molecule has 2 nitrogen and oxygen atoms in total. The van der Waals surface area contributed by atoms with Crippen LogP contribution in [0.2, 0.25) is 0 Å². The maximum atomic E-state index is 5.85. The van der Waals surface area contributed by atoms with Gasteiger partial charge in [0.05, 0.1) is 6.17 Å². The van der Waals surface area contributed by atoms with Crippen LogP contribution in [0.5, 0.6) is 0 Å². The van der Waals surface area contributed by atoms with Crippen molar-refractivity contribution in [3.63, 3.8) is 0 Å². The van der Waals surface area contributed by atoms with E-state index >= 15 is 0 Å². The summed E-state index contributed by atoms with van der Waals surface area (Å²) in [5.74, 6) is 0. The summed E-state index contributed by atoms with van der Waals surface area (Å²) >= 11 is 0. The van der Waals surface area contributed by atoms with Crippen LogP contribution in [0.1, 0.15) is 32.6 Å². The Labute approximate surface area is 63.4 Å². The van der Waals surface area contributed by atoms with Gasteiger partial charge in [0, 0.05) is 0 Å². The van der Waals surface area contributed by atoms with Crippen molar-refractivity contribution >= 4 is 0 Å². The first-order valence-electron chi connectivity index (χ1n) is 4.34. The zero-order valence-electron chi connectivity index (χ0n) is 6.84. The molecule has 0 spiro atoms. The summed E-state index contributed by atoms with van der Waals surface area (Å²) in [6, 6.07) is 0. The molecule has 2 heteroatoms. The van der Waals surface area contributed by atoms with Crippen LogP contribution < -0.4 is 5.73 Å². The Morgan fingerprint density at radius 2 is 2.40 bits per heavy atom. The summed E-state index contributed by atoms with van der Waals surface area (Å²) in [6.07, 6.45) is 5.44. The maximum Gasteiger partial charge on any atom is 0.0572 e. The van der Waals surface area contributed by atoms with Gasteiger partial charge in [-0.25, -0.2) is 0 Å². The quantitative estimate of drug-likeness (QED) is 0.641. The van der Waals surface area contributed by atoms with Gasteiger partial charge in [-0.1, -0.05) is 13.3 Å². The molecule has 0 aromatic carbocycles. The molecule has 1 fully saturated rings. The molecular formula is C8H18N2. The molecule has 0 bridgehead atoms. The molecule has 0 amide bonds. The van der Waals surface area contributed by atoms with Gasteiger partial charge in [-0.3, -0.25) is 4.90 Å². The van der Waals surface area contributed by atoms with E-state index < -0.39 is 0 Å². The van der Waals surface area contributed by atoms with E-state index in [1.165, 1.54) is 38.8 Å². The Kier molecular flexibility index (Phi) is 3.16. The zero-order valence-corrected chi connectivity index (χ0v) is 6.84. The van der Waals surface area contributed by atoms with E-state index in [4.69, 9.17) is 5.73 Å². The van der Waals surface area contributed by atoms with Gasteiger partial charge in [0.2, 0.25) is 0 Å². The van der Waals surface area contributed by atoms with Gasteiger partial charge in [-0.2, -0.15) is 0 Å². The highest BCUT2D eigenvalue weighted by Crippen LogP contribution is 2.12. The summed E-state index contributed by atoms with van der Waals surface area (Å²) in [4.78, 5) is 2.39. The summed E-state index contributed by atoms with van der Waals surface area (Å²) in [6.45, 7) is 4.65. The fourth-order valence-electron chi connectivity index (χ4n) is 1.49. The van der Waals surface area contributed by atoms with Crippen LogP contribution in [0.3, 0.4) is 0 Å². The fourth-order valence-corrected chi connectivity index (χ4v) is 1.49. The Bertz CT molecular complexity index is 93.3. The largest absolute Gasteiger partial charge is 0.316 e. The van der Waals surface area contributed by atoms with Crippen molar-refractivity contribution in [2.45, 2.75) is 38.8 Å². The summed E-state index contributed by atoms with van der Waals surface area (Å²) < 4.78 is 0. The molecule has 1 rings (SSSR count). The Morgan fingerprint density at radius 3 is 2.90 bits per heavy atom. The van der Waals surface area contributed by atoms with Gasteiger partial charge in [-0.05, 0) is 32.4 Å². The lowest BCUT2D eigenvalue weighted by atomic mass is 10.3. The molecule has 0 aromatic heterocycles. The van der Waals surface area contributed by atoms with Gasteiger partial charge in [0.15, 0.2) is 0 Å². The highest BCUT2D eigenvalue weighted by atomic mass is 15.2. The average Bonchev–Trinajstić information content (AvgIpc) is 2.31. The molecule has 0 aromatic rings. The van der Waals surface area contributed by atoms with Crippen molar-refractivity contribution in [2.24, 2.45) is 5.73 Å². The van der Waals surface area contributed by atoms with Crippen molar-refractivity contribution in [3.8, 4) is 0 Å². The Balaban J connectivity index is 2.14. The number of nitrogens with two attached hydrogens (primary N) is 1. The summed E-state index contributed by atoms with van der Waals surface area (Å²) in [5.41, 5.74) is 5.85. The predicted molar refractivity (Wildman–Crippen MR) is 43.7 cm³/mol. The van der Waals surface area contributed by atoms with Gasteiger partial charge in [-0.15, -0.1) is 0 Å². The average molecular weight is 142 g/mol. The molecule has 1 atom stereocenters. The molecule has 1 heterocycles. The molecule has 1 unspecified atom stereocenters. The standard InChI is InChI=1S/C8H18N2/c1-2-3-6-10-7-4-5-8(10)9/h8H,2-7,9H2,1H3. The molecule has 0 saturated carbocycles. The maximum absolute atomic E-state index is 5.85. The number of nitrogens with zero attached hydrogens (tertiary/aromatic N) is 1. The molecule has 0 radical (unpaired) electrons. The zero-order chi connectivity index (χ0) is 7.40. The third-order valence-electron chi connectivity index (χ3n) is 2.21. The van der Waals surface area contributed by atoms with Crippen LogP contribution in [-0.4, -0.2) is 24.2 Å². The molecule has 1 aliphatic rings. The van der Waals surface area contributed by atoms with Crippen molar-refractivity contribution in [1.29, 1.82) is 0 Å². The third kappa shape index (κ3) is 1.96. The molecular weight excluding hydrogens is 124 g/mol. The molecule has 1 aliphatic heterocycles. The third-order valence-corrected chi connectivity index (χ3v) is 2.21. The predicted octanol–water partition coefficient (Wildman–Crippen LogP) is 1.17. The first-order valence-corrected chi connectivity index (χ1v) is 4.34. The monoisotopic (exact) mass is 142 g/mol. The van der Waals surface area contributed by atoms with Crippen LogP contribution in [0.15, 0.2) is 0 Å². The first-order chi connectivity index (χ1) is 4.84. The number of hydrogen-bond donors (Lipinski definition) is 1. The van der Waals surface area contributed by atoms with Crippen LogP contribution >= 0.6 is 0 Å². The highest BCUT2D eigenvalue weighted by molar-refractivity contribution is 4.73. The smallest absolute Gasteiger partial charge is 0.0572 e. The summed E-state index contributed by atoms with van der Waals surface area (Å²) in [5, 5.41) is 0. The van der Waals surface area contributed by atoms with Crippen LogP contribution in [-0.2, 0) is 0 Å². The van der Waals surface area contributed by atoms with Crippen LogP contribution in [0.25, 0.3) is 0 Å². The van der Waals surface area contributed by atoms with Crippen LogP contribution in [0, 0.1) is 0 Å². The van der Waals surface area contributed by atoms with Crippen molar-refractivity contribution in [2.75, 3.05) is 13.1 Å². The number of hydrogen-bond acceptors (Lipinski definition) is 2. The molecule has 60 valence electrons. The minimum atomic E-state index is 0.367. The molecule has 2 N–H and O–H groups in total.